The summed E-state index contributed by atoms with van der Waals surface area (Å²) >= 11 is 0. The molecule has 2 aromatic heterocycles. The van der Waals surface area contributed by atoms with Gasteiger partial charge in [0.25, 0.3) is 0 Å². The van der Waals surface area contributed by atoms with Crippen LogP contribution in [0.5, 0.6) is 5.75 Å². The zero-order valence-electron chi connectivity index (χ0n) is 17.5. The van der Waals surface area contributed by atoms with Crippen LogP contribution in [0.4, 0.5) is 13.2 Å². The summed E-state index contributed by atoms with van der Waals surface area (Å²) in [7, 11) is 1.57. The molecular formula is C22H23F3N4O2. The Morgan fingerprint density at radius 1 is 1.29 bits per heavy atom. The van der Waals surface area contributed by atoms with Crippen molar-refractivity contribution in [3.8, 4) is 5.75 Å². The van der Waals surface area contributed by atoms with Crippen LogP contribution in [0.2, 0.25) is 0 Å². The number of methoxy groups -OCH3 is 1. The summed E-state index contributed by atoms with van der Waals surface area (Å²) in [6.07, 6.45) is -2.87. The van der Waals surface area contributed by atoms with Gasteiger partial charge in [0.05, 0.1) is 29.8 Å². The number of aryl methyl sites for hydroxylation is 1. The minimum absolute atomic E-state index is 0.0399. The van der Waals surface area contributed by atoms with Crippen LogP contribution in [-0.4, -0.2) is 27.8 Å². The molecule has 31 heavy (non-hydrogen) atoms. The summed E-state index contributed by atoms with van der Waals surface area (Å²) in [6, 6.07) is 8.12. The summed E-state index contributed by atoms with van der Waals surface area (Å²) in [5.74, 6) is 0.386. The molecule has 1 amide bonds. The Bertz CT molecular complexity index is 1120. The summed E-state index contributed by atoms with van der Waals surface area (Å²) in [4.78, 5) is 17.1. The third-order valence-electron chi connectivity index (χ3n) is 5.48. The molecule has 0 saturated heterocycles. The first-order valence-corrected chi connectivity index (χ1v) is 10.1. The fourth-order valence-electron chi connectivity index (χ4n) is 3.69. The van der Waals surface area contributed by atoms with E-state index in [1.165, 1.54) is 11.6 Å². The summed E-state index contributed by atoms with van der Waals surface area (Å²) in [5, 5.41) is 7.02. The number of pyridine rings is 1. The molecule has 9 heteroatoms. The van der Waals surface area contributed by atoms with Crippen molar-refractivity contribution in [2.24, 2.45) is 0 Å². The van der Waals surface area contributed by atoms with E-state index in [2.05, 4.69) is 15.4 Å². The molecule has 1 unspecified atom stereocenters. The van der Waals surface area contributed by atoms with Gasteiger partial charge < -0.3 is 10.1 Å². The normalized spacial score (nSPS) is 15.2. The number of ether oxygens (including phenoxy) is 1. The number of alkyl halides is 3. The minimum Gasteiger partial charge on any atom is -0.497 e. The maximum absolute atomic E-state index is 13.7. The predicted molar refractivity (Wildman–Crippen MR) is 109 cm³/mol. The van der Waals surface area contributed by atoms with Gasteiger partial charge >= 0.3 is 6.18 Å². The number of carbonyl (C=O) groups is 1. The average molecular weight is 432 g/mol. The molecule has 1 aromatic carbocycles. The maximum Gasteiger partial charge on any atom is 0.417 e. The average Bonchev–Trinajstić information content (AvgIpc) is 3.52. The van der Waals surface area contributed by atoms with E-state index < -0.39 is 11.7 Å². The molecule has 0 radical (unpaired) electrons. The molecule has 164 valence electrons. The number of carbonyl (C=O) groups excluding carboxylic acids is 1. The standard InChI is InChI=1S/C22H23F3N4O2/c1-12(14-6-8-16(31-3)9-7-14)26-19(30)11-29-21-20(13(2)28-29)17(22(23,24)25)10-18(27-21)15-4-5-15/h6-10,12,15H,4-5,11H2,1-3H3,(H,26,30). The lowest BCUT2D eigenvalue weighted by atomic mass is 10.1. The smallest absolute Gasteiger partial charge is 0.417 e. The van der Waals surface area contributed by atoms with Crippen LogP contribution in [0.15, 0.2) is 30.3 Å². The summed E-state index contributed by atoms with van der Waals surface area (Å²) in [6.45, 7) is 3.12. The Morgan fingerprint density at radius 2 is 1.97 bits per heavy atom. The Kier molecular flexibility index (Phi) is 5.36. The molecule has 4 rings (SSSR count). The molecule has 1 aliphatic rings. The largest absolute Gasteiger partial charge is 0.497 e. The van der Waals surface area contributed by atoms with Crippen molar-refractivity contribution in [1.29, 1.82) is 0 Å². The predicted octanol–water partition coefficient (Wildman–Crippen LogP) is 4.52. The summed E-state index contributed by atoms with van der Waals surface area (Å²) < 4.78 is 47.5. The highest BCUT2D eigenvalue weighted by atomic mass is 19.4. The van der Waals surface area contributed by atoms with Gasteiger partial charge in [-0.05, 0) is 50.5 Å². The first-order chi connectivity index (χ1) is 14.7. The van der Waals surface area contributed by atoms with Crippen molar-refractivity contribution >= 4 is 16.9 Å². The number of benzene rings is 1. The molecule has 1 saturated carbocycles. The van der Waals surface area contributed by atoms with Gasteiger partial charge in [0, 0.05) is 11.6 Å². The van der Waals surface area contributed by atoms with Gasteiger partial charge in [-0.3, -0.25) is 4.79 Å². The van der Waals surface area contributed by atoms with Crippen LogP contribution in [0.25, 0.3) is 11.0 Å². The first kappa shape index (κ1) is 21.1. The molecule has 1 atom stereocenters. The van der Waals surface area contributed by atoms with Crippen LogP contribution in [0, 0.1) is 6.92 Å². The number of hydrogen-bond acceptors (Lipinski definition) is 4. The molecule has 0 bridgehead atoms. The molecular weight excluding hydrogens is 409 g/mol. The van der Waals surface area contributed by atoms with E-state index in [1.807, 2.05) is 19.1 Å². The van der Waals surface area contributed by atoms with Gasteiger partial charge in [0.2, 0.25) is 5.91 Å². The van der Waals surface area contributed by atoms with Crippen LogP contribution in [-0.2, 0) is 17.5 Å². The van der Waals surface area contributed by atoms with Crippen molar-refractivity contribution in [3.05, 3.63) is 52.8 Å². The summed E-state index contributed by atoms with van der Waals surface area (Å²) in [5.41, 5.74) is 0.849. The van der Waals surface area contributed by atoms with Gasteiger partial charge in [0.1, 0.15) is 12.3 Å². The van der Waals surface area contributed by atoms with E-state index in [9.17, 15) is 18.0 Å². The first-order valence-electron chi connectivity index (χ1n) is 10.1. The Hall–Kier alpha value is -3.10. The topological polar surface area (TPSA) is 69.0 Å². The molecule has 1 N–H and O–H groups in total. The zero-order valence-corrected chi connectivity index (χ0v) is 17.5. The highest BCUT2D eigenvalue weighted by Crippen LogP contribution is 2.43. The molecule has 1 aliphatic carbocycles. The van der Waals surface area contributed by atoms with Crippen molar-refractivity contribution in [2.45, 2.75) is 51.4 Å². The second-order valence-corrected chi connectivity index (χ2v) is 7.87. The second kappa shape index (κ2) is 7.86. The SMILES string of the molecule is COc1ccc(C(C)NC(=O)Cn2nc(C)c3c(C(F)(F)F)cc(C4CC4)nc32)cc1. The monoisotopic (exact) mass is 432 g/mol. The van der Waals surface area contributed by atoms with Gasteiger partial charge in [-0.15, -0.1) is 0 Å². The van der Waals surface area contributed by atoms with E-state index in [4.69, 9.17) is 4.74 Å². The lowest BCUT2D eigenvalue weighted by Gasteiger charge is -2.15. The number of fused-ring (bicyclic) bond motifs is 1. The maximum atomic E-state index is 13.7. The quantitative estimate of drug-likeness (QED) is 0.622. The number of aromatic nitrogens is 3. The highest BCUT2D eigenvalue weighted by Gasteiger charge is 2.37. The fraction of sp³-hybridized carbons (Fsp3) is 0.409. The number of nitrogens with one attached hydrogen (secondary N) is 1. The van der Waals surface area contributed by atoms with E-state index in [-0.39, 0.29) is 41.1 Å². The van der Waals surface area contributed by atoms with E-state index in [0.29, 0.717) is 11.4 Å². The molecule has 0 aliphatic heterocycles. The number of nitrogens with zero attached hydrogens (tertiary/aromatic N) is 3. The molecule has 0 spiro atoms. The van der Waals surface area contributed by atoms with Crippen molar-refractivity contribution < 1.29 is 22.7 Å². The van der Waals surface area contributed by atoms with Gasteiger partial charge in [-0.2, -0.15) is 18.3 Å². The number of amides is 1. The molecule has 6 nitrogen and oxygen atoms in total. The minimum atomic E-state index is -4.52. The lowest BCUT2D eigenvalue weighted by molar-refractivity contribution is -0.136. The number of rotatable bonds is 6. The van der Waals surface area contributed by atoms with Crippen LogP contribution in [0.1, 0.15) is 54.2 Å². The van der Waals surface area contributed by atoms with Gasteiger partial charge in [-0.25, -0.2) is 9.67 Å². The van der Waals surface area contributed by atoms with Gasteiger partial charge in [-0.1, -0.05) is 12.1 Å². The van der Waals surface area contributed by atoms with Crippen LogP contribution < -0.4 is 10.1 Å². The van der Waals surface area contributed by atoms with E-state index in [1.54, 1.807) is 19.2 Å². The molecule has 2 heterocycles. The second-order valence-electron chi connectivity index (χ2n) is 7.87. The Balaban J connectivity index is 1.60. The van der Waals surface area contributed by atoms with Crippen LogP contribution >= 0.6 is 0 Å². The molecule has 1 fully saturated rings. The Morgan fingerprint density at radius 3 is 2.55 bits per heavy atom. The third-order valence-corrected chi connectivity index (χ3v) is 5.48. The number of halogens is 3. The van der Waals surface area contributed by atoms with Crippen molar-refractivity contribution in [1.82, 2.24) is 20.1 Å². The van der Waals surface area contributed by atoms with E-state index in [0.717, 1.165) is 24.5 Å². The zero-order chi connectivity index (χ0) is 22.3. The molecule has 3 aromatic rings. The van der Waals surface area contributed by atoms with Gasteiger partial charge in [0.15, 0.2) is 5.65 Å². The van der Waals surface area contributed by atoms with Crippen LogP contribution in [0.3, 0.4) is 0 Å². The van der Waals surface area contributed by atoms with E-state index >= 15 is 0 Å². The number of hydrogen-bond donors (Lipinski definition) is 1. The van der Waals surface area contributed by atoms with Crippen molar-refractivity contribution in [2.75, 3.05) is 7.11 Å². The van der Waals surface area contributed by atoms with Crippen molar-refractivity contribution in [3.63, 3.8) is 0 Å². The third kappa shape index (κ3) is 4.35. The Labute approximate surface area is 177 Å². The lowest BCUT2D eigenvalue weighted by Crippen LogP contribution is -2.30. The fourth-order valence-corrected chi connectivity index (χ4v) is 3.69. The highest BCUT2D eigenvalue weighted by molar-refractivity contribution is 5.85.